The van der Waals surface area contributed by atoms with Crippen LogP contribution in [0.4, 0.5) is 11.4 Å². The number of rotatable bonds is 4. The minimum absolute atomic E-state index is 0.0409. The molecule has 2 rings (SSSR count). The molecule has 8 heteroatoms. The van der Waals surface area contributed by atoms with Gasteiger partial charge in [0.15, 0.2) is 5.84 Å². The van der Waals surface area contributed by atoms with Gasteiger partial charge in [-0.2, -0.15) is 0 Å². The average Bonchev–Trinajstić information content (AvgIpc) is 2.54. The van der Waals surface area contributed by atoms with Crippen LogP contribution in [0, 0.1) is 5.41 Å². The van der Waals surface area contributed by atoms with Gasteiger partial charge in [0, 0.05) is 16.9 Å². The third kappa shape index (κ3) is 3.56. The quantitative estimate of drug-likeness (QED) is 0.127. The molecule has 2 aromatic rings. The summed E-state index contributed by atoms with van der Waals surface area (Å²) in [6.07, 6.45) is 0. The standard InChI is InChI=1S/C15H14N4O4/c16-12-6-1-8(15(21)22)7-11(12)13(17)14(19-23)18-9-2-4-10(20)5-3-9/h1-7,17,20,23H,16H2,(H,18,19)(H,21,22). The van der Waals surface area contributed by atoms with Gasteiger partial charge < -0.3 is 26.5 Å². The molecule has 0 unspecified atom stereocenters. The molecule has 0 amide bonds. The second-order valence-corrected chi connectivity index (χ2v) is 4.60. The number of amidine groups is 1. The van der Waals surface area contributed by atoms with Crippen LogP contribution < -0.4 is 11.1 Å². The highest BCUT2D eigenvalue weighted by molar-refractivity contribution is 6.50. The van der Waals surface area contributed by atoms with Crippen LogP contribution >= 0.6 is 0 Å². The van der Waals surface area contributed by atoms with E-state index in [-0.39, 0.29) is 34.1 Å². The van der Waals surface area contributed by atoms with Crippen molar-refractivity contribution in [2.75, 3.05) is 11.1 Å². The van der Waals surface area contributed by atoms with E-state index in [1.54, 1.807) is 0 Å². The second kappa shape index (κ2) is 6.48. The Labute approximate surface area is 131 Å². The molecule has 0 atom stereocenters. The first-order chi connectivity index (χ1) is 10.9. The normalized spacial score (nSPS) is 11.0. The van der Waals surface area contributed by atoms with Crippen LogP contribution in [0.1, 0.15) is 15.9 Å². The molecule has 0 aliphatic carbocycles. The molecule has 0 bridgehead atoms. The smallest absolute Gasteiger partial charge is 0.335 e. The first kappa shape index (κ1) is 15.8. The molecule has 23 heavy (non-hydrogen) atoms. The van der Waals surface area contributed by atoms with E-state index in [1.807, 2.05) is 0 Å². The van der Waals surface area contributed by atoms with Crippen LogP contribution in [0.2, 0.25) is 0 Å². The van der Waals surface area contributed by atoms with Gasteiger partial charge in [-0.15, -0.1) is 0 Å². The van der Waals surface area contributed by atoms with E-state index in [4.69, 9.17) is 21.5 Å². The summed E-state index contributed by atoms with van der Waals surface area (Å²) in [7, 11) is 0. The lowest BCUT2D eigenvalue weighted by Gasteiger charge is -2.12. The van der Waals surface area contributed by atoms with E-state index in [0.717, 1.165) is 0 Å². The third-order valence-electron chi connectivity index (χ3n) is 3.04. The SMILES string of the molecule is N=C(/C(=N/O)Nc1ccc(O)cc1)c1cc(C(=O)O)ccc1N. The molecule has 0 aromatic heterocycles. The van der Waals surface area contributed by atoms with E-state index in [1.165, 1.54) is 42.5 Å². The van der Waals surface area contributed by atoms with E-state index in [0.29, 0.717) is 5.69 Å². The second-order valence-electron chi connectivity index (χ2n) is 4.60. The fourth-order valence-corrected chi connectivity index (χ4v) is 1.85. The lowest BCUT2D eigenvalue weighted by atomic mass is 10.0. The van der Waals surface area contributed by atoms with Gasteiger partial charge in [-0.3, -0.25) is 5.41 Å². The van der Waals surface area contributed by atoms with E-state index in [9.17, 15) is 9.90 Å². The van der Waals surface area contributed by atoms with Crippen LogP contribution in [0.3, 0.4) is 0 Å². The highest BCUT2D eigenvalue weighted by atomic mass is 16.4. The van der Waals surface area contributed by atoms with Crippen LogP contribution in [0.5, 0.6) is 5.75 Å². The molecule has 0 saturated carbocycles. The number of carboxylic acids is 1. The molecular formula is C15H14N4O4. The molecule has 0 spiro atoms. The predicted molar refractivity (Wildman–Crippen MR) is 85.6 cm³/mol. The molecule has 0 heterocycles. The lowest BCUT2D eigenvalue weighted by molar-refractivity contribution is 0.0697. The highest BCUT2D eigenvalue weighted by Gasteiger charge is 2.16. The number of carbonyl (C=O) groups is 1. The monoisotopic (exact) mass is 314 g/mol. The molecule has 118 valence electrons. The summed E-state index contributed by atoms with van der Waals surface area (Å²) in [6.45, 7) is 0. The minimum atomic E-state index is -1.16. The topological polar surface area (TPSA) is 152 Å². The number of aromatic carboxylic acids is 1. The maximum Gasteiger partial charge on any atom is 0.335 e. The molecule has 0 aliphatic heterocycles. The van der Waals surface area contributed by atoms with Gasteiger partial charge in [-0.25, -0.2) is 4.79 Å². The number of carboxylic acid groups (broad SMARTS) is 1. The Morgan fingerprint density at radius 3 is 2.39 bits per heavy atom. The number of anilines is 2. The molecule has 0 radical (unpaired) electrons. The average molecular weight is 314 g/mol. The molecule has 2 aromatic carbocycles. The van der Waals surface area contributed by atoms with Crippen molar-refractivity contribution in [3.05, 3.63) is 53.6 Å². The van der Waals surface area contributed by atoms with Gasteiger partial charge in [0.1, 0.15) is 11.5 Å². The molecule has 0 aliphatic rings. The zero-order valence-corrected chi connectivity index (χ0v) is 11.8. The maximum atomic E-state index is 11.0. The molecule has 7 N–H and O–H groups in total. The minimum Gasteiger partial charge on any atom is -0.508 e. The largest absolute Gasteiger partial charge is 0.508 e. The zero-order chi connectivity index (χ0) is 17.0. The Balaban J connectivity index is 2.32. The number of hydrogen-bond acceptors (Lipinski definition) is 6. The van der Waals surface area contributed by atoms with Crippen molar-refractivity contribution >= 4 is 28.9 Å². The predicted octanol–water partition coefficient (Wildman–Crippen LogP) is 1.94. The fourth-order valence-electron chi connectivity index (χ4n) is 1.85. The lowest BCUT2D eigenvalue weighted by Crippen LogP contribution is -2.24. The summed E-state index contributed by atoms with van der Waals surface area (Å²) in [4.78, 5) is 11.0. The number of nitrogen functional groups attached to an aromatic ring is 1. The van der Waals surface area contributed by atoms with Crippen molar-refractivity contribution in [2.24, 2.45) is 5.16 Å². The summed E-state index contributed by atoms with van der Waals surface area (Å²) < 4.78 is 0. The Bertz CT molecular complexity index is 785. The van der Waals surface area contributed by atoms with Crippen molar-refractivity contribution in [2.45, 2.75) is 0 Å². The highest BCUT2D eigenvalue weighted by Crippen LogP contribution is 2.18. The fraction of sp³-hybridized carbons (Fsp3) is 0. The summed E-state index contributed by atoms with van der Waals surface area (Å²) in [5, 5.41) is 41.1. The van der Waals surface area contributed by atoms with Gasteiger partial charge in [0.2, 0.25) is 0 Å². The zero-order valence-electron chi connectivity index (χ0n) is 11.8. The van der Waals surface area contributed by atoms with Crippen LogP contribution in [-0.2, 0) is 0 Å². The van der Waals surface area contributed by atoms with E-state index >= 15 is 0 Å². The van der Waals surface area contributed by atoms with Crippen LogP contribution in [-0.4, -0.2) is 32.9 Å². The number of phenolic OH excluding ortho intramolecular Hbond substituents is 1. The number of benzene rings is 2. The Hall–Kier alpha value is -3.55. The van der Waals surface area contributed by atoms with Crippen LogP contribution in [0.25, 0.3) is 0 Å². The number of nitrogens with one attached hydrogen (secondary N) is 2. The van der Waals surface area contributed by atoms with Crippen LogP contribution in [0.15, 0.2) is 47.6 Å². The van der Waals surface area contributed by atoms with Crippen molar-refractivity contribution in [3.63, 3.8) is 0 Å². The molecular weight excluding hydrogens is 300 g/mol. The number of nitrogens with zero attached hydrogens (tertiary/aromatic N) is 1. The molecule has 0 saturated heterocycles. The first-order valence-corrected chi connectivity index (χ1v) is 6.42. The van der Waals surface area contributed by atoms with Gasteiger partial charge in [-0.1, -0.05) is 5.16 Å². The van der Waals surface area contributed by atoms with Crippen molar-refractivity contribution in [1.82, 2.24) is 0 Å². The van der Waals surface area contributed by atoms with Crippen molar-refractivity contribution in [1.29, 1.82) is 5.41 Å². The third-order valence-corrected chi connectivity index (χ3v) is 3.04. The van der Waals surface area contributed by atoms with Crippen molar-refractivity contribution < 1.29 is 20.2 Å². The number of aromatic hydroxyl groups is 1. The summed E-state index contributed by atoms with van der Waals surface area (Å²) >= 11 is 0. The van der Waals surface area contributed by atoms with Gasteiger partial charge in [-0.05, 0) is 42.5 Å². The Morgan fingerprint density at radius 1 is 1.17 bits per heavy atom. The maximum absolute atomic E-state index is 11.0. The Morgan fingerprint density at radius 2 is 1.83 bits per heavy atom. The number of oxime groups is 1. The van der Waals surface area contributed by atoms with Gasteiger partial charge in [0.05, 0.1) is 5.56 Å². The molecule has 8 nitrogen and oxygen atoms in total. The van der Waals surface area contributed by atoms with E-state index < -0.39 is 5.97 Å². The molecule has 0 fully saturated rings. The number of phenols is 1. The van der Waals surface area contributed by atoms with Gasteiger partial charge in [0.25, 0.3) is 0 Å². The number of hydrogen-bond donors (Lipinski definition) is 6. The summed E-state index contributed by atoms with van der Waals surface area (Å²) in [5.74, 6) is -1.32. The summed E-state index contributed by atoms with van der Waals surface area (Å²) in [6, 6.07) is 9.78. The first-order valence-electron chi connectivity index (χ1n) is 6.42. The van der Waals surface area contributed by atoms with Gasteiger partial charge >= 0.3 is 5.97 Å². The summed E-state index contributed by atoms with van der Waals surface area (Å²) in [5.41, 5.74) is 6.20. The van der Waals surface area contributed by atoms with Crippen molar-refractivity contribution in [3.8, 4) is 5.75 Å². The Kier molecular flexibility index (Phi) is 4.46. The van der Waals surface area contributed by atoms with E-state index in [2.05, 4.69) is 10.5 Å². The number of nitrogens with two attached hydrogens (primary N) is 1.